The van der Waals surface area contributed by atoms with E-state index in [0.29, 0.717) is 0 Å². The highest BCUT2D eigenvalue weighted by Gasteiger charge is 2.81. The maximum Gasteiger partial charge on any atom is 0.317 e. The van der Waals surface area contributed by atoms with Gasteiger partial charge in [0, 0.05) is 36.4 Å². The molecule has 0 bridgehead atoms. The van der Waals surface area contributed by atoms with Crippen LogP contribution in [0.25, 0.3) is 0 Å². The summed E-state index contributed by atoms with van der Waals surface area (Å²) in [5.41, 5.74) is -0.576. The van der Waals surface area contributed by atoms with Crippen molar-refractivity contribution in [2.75, 3.05) is 14.1 Å². The van der Waals surface area contributed by atoms with E-state index in [1.165, 1.54) is 0 Å². The molecule has 0 aromatic heterocycles. The van der Waals surface area contributed by atoms with Crippen molar-refractivity contribution in [3.8, 4) is 6.07 Å². The number of hydrogen-bond acceptors (Lipinski definition) is 4. The molecule has 6 aliphatic carbocycles. The second-order valence-electron chi connectivity index (χ2n) is 15.9. The number of nitriles is 1. The average Bonchev–Trinajstić information content (AvgIpc) is 3.50. The first-order valence-electron chi connectivity index (χ1n) is 14.9. The van der Waals surface area contributed by atoms with Gasteiger partial charge in [-0.1, -0.05) is 47.6 Å². The minimum absolute atomic E-state index is 0.0126. The molecule has 39 heavy (non-hydrogen) atoms. The number of allylic oxidation sites excluding steroid dienone is 4. The topological polar surface area (TPSA) is 90.3 Å². The Kier molecular flexibility index (Phi) is 5.12. The summed E-state index contributed by atoms with van der Waals surface area (Å²) in [4.78, 5) is 42.5. The summed E-state index contributed by atoms with van der Waals surface area (Å²) in [7, 11) is 3.56. The van der Waals surface area contributed by atoms with Gasteiger partial charge in [-0.3, -0.25) is 9.59 Å². The zero-order chi connectivity index (χ0) is 28.6. The molecule has 0 aliphatic heterocycles. The summed E-state index contributed by atoms with van der Waals surface area (Å²) < 4.78 is 0. The lowest BCUT2D eigenvalue weighted by molar-refractivity contribution is -0.159. The molecule has 6 aliphatic rings. The van der Waals surface area contributed by atoms with Crippen LogP contribution in [-0.4, -0.2) is 42.1 Å². The van der Waals surface area contributed by atoms with Gasteiger partial charge in [-0.05, 0) is 90.6 Å². The van der Waals surface area contributed by atoms with Crippen molar-refractivity contribution in [2.24, 2.45) is 44.3 Å². The SMILES string of the molecule is CN(C)C(=O)N[C@]12CCC(C)(C)CC1C1C(=O)C=C3[C@@]4(C)C=C(C#N)C(=O)C5(C)C[C@]54CC[C@@]3(C)[C@]1(C)CC2. The van der Waals surface area contributed by atoms with Crippen molar-refractivity contribution in [3.05, 3.63) is 23.3 Å². The van der Waals surface area contributed by atoms with Crippen LogP contribution in [0, 0.1) is 55.7 Å². The molecule has 2 amide bonds. The number of ketones is 2. The number of carbonyl (C=O) groups is 3. The molecular formula is C33H45N3O3. The molecule has 4 fully saturated rings. The smallest absolute Gasteiger partial charge is 0.317 e. The van der Waals surface area contributed by atoms with Gasteiger partial charge in [-0.15, -0.1) is 0 Å². The van der Waals surface area contributed by atoms with E-state index in [0.717, 1.165) is 56.9 Å². The van der Waals surface area contributed by atoms with Crippen molar-refractivity contribution in [1.82, 2.24) is 10.2 Å². The van der Waals surface area contributed by atoms with E-state index >= 15 is 0 Å². The highest BCUT2D eigenvalue weighted by atomic mass is 16.2. The zero-order valence-corrected chi connectivity index (χ0v) is 25.1. The number of nitrogens with one attached hydrogen (secondary N) is 1. The largest absolute Gasteiger partial charge is 0.332 e. The first kappa shape index (κ1) is 26.8. The Bertz CT molecular complexity index is 1320. The standard InChI is InChI=1S/C33H45N3O3/c1-27(2)9-12-32(35-26(39)36(7)8)13-10-29(4)24(21(32)17-27)22(37)15-23-28(29,3)11-14-33-19-31(33,6)25(38)20(18-34)16-30(23,33)5/h15-16,21,24H,9-14,17,19H2,1-8H3,(H,35,39)/t21?,24?,28-,29-,30-,31?,32+,33+/m1/s1. The number of rotatable bonds is 1. The summed E-state index contributed by atoms with van der Waals surface area (Å²) in [5, 5.41) is 13.4. The van der Waals surface area contributed by atoms with E-state index in [4.69, 9.17) is 0 Å². The maximum absolute atomic E-state index is 14.5. The summed E-state index contributed by atoms with van der Waals surface area (Å²) in [6.45, 7) is 13.6. The number of amides is 2. The van der Waals surface area contributed by atoms with Crippen LogP contribution >= 0.6 is 0 Å². The third-order valence-corrected chi connectivity index (χ3v) is 13.6. The molecule has 0 aromatic rings. The van der Waals surface area contributed by atoms with E-state index in [2.05, 4.69) is 46.0 Å². The van der Waals surface area contributed by atoms with E-state index < -0.39 is 10.8 Å². The fraction of sp³-hybridized carbons (Fsp3) is 0.758. The Hall–Kier alpha value is -2.42. The Labute approximate surface area is 233 Å². The van der Waals surface area contributed by atoms with Crippen molar-refractivity contribution < 1.29 is 14.4 Å². The highest BCUT2D eigenvalue weighted by Crippen LogP contribution is 2.85. The van der Waals surface area contributed by atoms with Gasteiger partial charge in [-0.25, -0.2) is 4.79 Å². The van der Waals surface area contributed by atoms with Crippen molar-refractivity contribution in [2.45, 2.75) is 98.4 Å². The van der Waals surface area contributed by atoms with Gasteiger partial charge in [0.1, 0.15) is 6.07 Å². The lowest BCUT2D eigenvalue weighted by Gasteiger charge is -2.69. The molecular weight excluding hydrogens is 486 g/mol. The lowest BCUT2D eigenvalue weighted by atomic mass is 9.35. The van der Waals surface area contributed by atoms with Crippen molar-refractivity contribution in [3.63, 3.8) is 0 Å². The van der Waals surface area contributed by atoms with Gasteiger partial charge < -0.3 is 10.2 Å². The molecule has 6 heteroatoms. The Morgan fingerprint density at radius 2 is 1.64 bits per heavy atom. The molecule has 6 nitrogen and oxygen atoms in total. The van der Waals surface area contributed by atoms with Gasteiger partial charge in [0.2, 0.25) is 0 Å². The molecule has 4 saturated carbocycles. The van der Waals surface area contributed by atoms with Crippen LogP contribution in [-0.2, 0) is 9.59 Å². The highest BCUT2D eigenvalue weighted by molar-refractivity contribution is 6.08. The van der Waals surface area contributed by atoms with Crippen LogP contribution in [0.1, 0.15) is 92.9 Å². The molecule has 1 N–H and O–H groups in total. The van der Waals surface area contributed by atoms with E-state index in [1.54, 1.807) is 19.0 Å². The van der Waals surface area contributed by atoms with E-state index in [1.807, 2.05) is 19.1 Å². The number of urea groups is 1. The summed E-state index contributed by atoms with van der Waals surface area (Å²) >= 11 is 0. The maximum atomic E-state index is 14.5. The molecule has 210 valence electrons. The van der Waals surface area contributed by atoms with E-state index in [-0.39, 0.29) is 62.2 Å². The Balaban J connectivity index is 1.51. The normalized spacial score (nSPS) is 49.0. The second kappa shape index (κ2) is 7.45. The molecule has 6 rings (SSSR count). The molecule has 0 heterocycles. The van der Waals surface area contributed by atoms with Gasteiger partial charge in [0.25, 0.3) is 0 Å². The molecule has 3 unspecified atom stereocenters. The molecule has 8 atom stereocenters. The fourth-order valence-corrected chi connectivity index (χ4v) is 10.9. The van der Waals surface area contributed by atoms with Crippen LogP contribution in [0.3, 0.4) is 0 Å². The van der Waals surface area contributed by atoms with Gasteiger partial charge >= 0.3 is 6.03 Å². The van der Waals surface area contributed by atoms with Gasteiger partial charge in [0.15, 0.2) is 11.6 Å². The first-order valence-corrected chi connectivity index (χ1v) is 14.9. The lowest BCUT2D eigenvalue weighted by Crippen LogP contribution is -2.70. The second-order valence-corrected chi connectivity index (χ2v) is 15.9. The third kappa shape index (κ3) is 2.95. The van der Waals surface area contributed by atoms with Crippen LogP contribution in [0.5, 0.6) is 0 Å². The molecule has 0 radical (unpaired) electrons. The minimum atomic E-state index is -0.518. The summed E-state index contributed by atoms with van der Waals surface area (Å²) in [6.07, 6.45) is 11.1. The zero-order valence-electron chi connectivity index (χ0n) is 25.1. The van der Waals surface area contributed by atoms with Crippen molar-refractivity contribution in [1.29, 1.82) is 5.26 Å². The summed E-state index contributed by atoms with van der Waals surface area (Å²) in [5.74, 6) is 0.0654. The molecule has 1 spiro atoms. The third-order valence-electron chi connectivity index (χ3n) is 13.6. The Morgan fingerprint density at radius 3 is 2.28 bits per heavy atom. The number of fused-ring (bicyclic) bond motifs is 6. The average molecular weight is 532 g/mol. The monoisotopic (exact) mass is 531 g/mol. The predicted molar refractivity (Wildman–Crippen MR) is 149 cm³/mol. The number of Topliss-reactive ketones (excluding diaryl/α,β-unsaturated/α-hetero) is 1. The van der Waals surface area contributed by atoms with Crippen LogP contribution in [0.4, 0.5) is 4.79 Å². The molecule has 0 saturated heterocycles. The van der Waals surface area contributed by atoms with Gasteiger partial charge in [0.05, 0.1) is 5.57 Å². The number of carbonyl (C=O) groups excluding carboxylic acids is 3. The quantitative estimate of drug-likeness (QED) is 0.450. The minimum Gasteiger partial charge on any atom is -0.332 e. The fourth-order valence-electron chi connectivity index (χ4n) is 10.9. The number of nitrogens with zero attached hydrogens (tertiary/aromatic N) is 2. The van der Waals surface area contributed by atoms with Crippen LogP contribution in [0.2, 0.25) is 0 Å². The van der Waals surface area contributed by atoms with Crippen molar-refractivity contribution >= 4 is 17.6 Å². The van der Waals surface area contributed by atoms with Crippen LogP contribution in [0.15, 0.2) is 23.3 Å². The van der Waals surface area contributed by atoms with Crippen LogP contribution < -0.4 is 5.32 Å². The van der Waals surface area contributed by atoms with Gasteiger partial charge in [-0.2, -0.15) is 5.26 Å². The Morgan fingerprint density at radius 1 is 0.974 bits per heavy atom. The first-order chi connectivity index (χ1) is 18.0. The number of hydrogen-bond donors (Lipinski definition) is 1. The predicted octanol–water partition coefficient (Wildman–Crippen LogP) is 5.98. The summed E-state index contributed by atoms with van der Waals surface area (Å²) in [6, 6.07) is 2.14. The van der Waals surface area contributed by atoms with E-state index in [9.17, 15) is 19.6 Å². The molecule has 0 aromatic carbocycles.